The minimum atomic E-state index is -0.347. The van der Waals surface area contributed by atoms with E-state index in [0.717, 1.165) is 31.1 Å². The van der Waals surface area contributed by atoms with E-state index in [0.29, 0.717) is 5.41 Å². The first kappa shape index (κ1) is 15.0. The van der Waals surface area contributed by atoms with Crippen LogP contribution in [0.1, 0.15) is 39.2 Å². The molecule has 1 aliphatic heterocycles. The fourth-order valence-corrected chi connectivity index (χ4v) is 2.89. The maximum Gasteiger partial charge on any atom is 0.269 e. The van der Waals surface area contributed by atoms with Crippen LogP contribution in [0, 0.1) is 21.4 Å². The van der Waals surface area contributed by atoms with Crippen LogP contribution in [0.4, 0.5) is 5.69 Å². The molecule has 1 heterocycles. The molecule has 0 aromatic heterocycles. The lowest BCUT2D eigenvalue weighted by Gasteiger charge is -2.39. The average molecular weight is 276 g/mol. The van der Waals surface area contributed by atoms with Crippen molar-refractivity contribution < 1.29 is 4.92 Å². The monoisotopic (exact) mass is 276 g/mol. The van der Waals surface area contributed by atoms with Gasteiger partial charge in [0.15, 0.2) is 0 Å². The van der Waals surface area contributed by atoms with Crippen molar-refractivity contribution in [2.75, 3.05) is 13.1 Å². The summed E-state index contributed by atoms with van der Waals surface area (Å²) in [5.74, 6) is 0.731. The third-order valence-electron chi connectivity index (χ3n) is 4.28. The van der Waals surface area contributed by atoms with E-state index in [2.05, 4.69) is 25.7 Å². The second-order valence-electron chi connectivity index (χ2n) is 6.86. The molecule has 0 amide bonds. The van der Waals surface area contributed by atoms with Crippen LogP contribution in [0.15, 0.2) is 24.3 Å². The SMILES string of the molecule is CC(C)(C)[C@@H]1CCCN(Cc2ccc([N+](=O)[O-])cc2)C1. The summed E-state index contributed by atoms with van der Waals surface area (Å²) in [4.78, 5) is 12.8. The van der Waals surface area contributed by atoms with Gasteiger partial charge < -0.3 is 0 Å². The molecule has 0 radical (unpaired) electrons. The highest BCUT2D eigenvalue weighted by molar-refractivity contribution is 5.32. The Morgan fingerprint density at radius 2 is 1.95 bits per heavy atom. The van der Waals surface area contributed by atoms with Gasteiger partial charge in [-0.2, -0.15) is 0 Å². The van der Waals surface area contributed by atoms with Crippen LogP contribution < -0.4 is 0 Å². The van der Waals surface area contributed by atoms with Gasteiger partial charge in [0.25, 0.3) is 5.69 Å². The summed E-state index contributed by atoms with van der Waals surface area (Å²) in [6.45, 7) is 10.1. The summed E-state index contributed by atoms with van der Waals surface area (Å²) in [6, 6.07) is 6.94. The highest BCUT2D eigenvalue weighted by atomic mass is 16.6. The van der Waals surface area contributed by atoms with Crippen molar-refractivity contribution in [1.82, 2.24) is 4.90 Å². The highest BCUT2D eigenvalue weighted by Crippen LogP contribution is 2.33. The van der Waals surface area contributed by atoms with Crippen LogP contribution >= 0.6 is 0 Å². The molecular formula is C16H24N2O2. The van der Waals surface area contributed by atoms with Crippen molar-refractivity contribution in [1.29, 1.82) is 0 Å². The number of likely N-dealkylation sites (tertiary alicyclic amines) is 1. The maximum absolute atomic E-state index is 10.7. The van der Waals surface area contributed by atoms with E-state index in [4.69, 9.17) is 0 Å². The smallest absolute Gasteiger partial charge is 0.269 e. The first-order valence-corrected chi connectivity index (χ1v) is 7.32. The lowest BCUT2D eigenvalue weighted by atomic mass is 9.76. The van der Waals surface area contributed by atoms with Gasteiger partial charge in [-0.1, -0.05) is 32.9 Å². The van der Waals surface area contributed by atoms with E-state index >= 15 is 0 Å². The van der Waals surface area contributed by atoms with Gasteiger partial charge in [0, 0.05) is 25.2 Å². The van der Waals surface area contributed by atoms with Crippen molar-refractivity contribution in [3.63, 3.8) is 0 Å². The molecule has 1 atom stereocenters. The Bertz CT molecular complexity index is 462. The Morgan fingerprint density at radius 3 is 2.50 bits per heavy atom. The van der Waals surface area contributed by atoms with Crippen molar-refractivity contribution in [3.05, 3.63) is 39.9 Å². The average Bonchev–Trinajstić information content (AvgIpc) is 2.38. The molecule has 0 saturated carbocycles. The van der Waals surface area contributed by atoms with Gasteiger partial charge in [0.05, 0.1) is 4.92 Å². The first-order chi connectivity index (χ1) is 9.36. The van der Waals surface area contributed by atoms with Crippen LogP contribution in [0.25, 0.3) is 0 Å². The number of nitro benzene ring substituents is 1. The zero-order chi connectivity index (χ0) is 14.8. The minimum Gasteiger partial charge on any atom is -0.299 e. The molecular weight excluding hydrogens is 252 g/mol. The van der Waals surface area contributed by atoms with E-state index in [9.17, 15) is 10.1 Å². The predicted molar refractivity (Wildman–Crippen MR) is 80.6 cm³/mol. The molecule has 0 N–H and O–H groups in total. The normalized spacial score (nSPS) is 20.9. The van der Waals surface area contributed by atoms with E-state index in [1.54, 1.807) is 12.1 Å². The maximum atomic E-state index is 10.7. The Labute approximate surface area is 120 Å². The zero-order valence-corrected chi connectivity index (χ0v) is 12.6. The minimum absolute atomic E-state index is 0.167. The third kappa shape index (κ3) is 3.79. The van der Waals surface area contributed by atoms with Crippen LogP contribution in [0.3, 0.4) is 0 Å². The lowest BCUT2D eigenvalue weighted by molar-refractivity contribution is -0.384. The standard InChI is InChI=1S/C16H24N2O2/c1-16(2,3)14-5-4-10-17(12-14)11-13-6-8-15(9-7-13)18(19)20/h6-9,14H,4-5,10-12H2,1-3H3/t14-/m1/s1. The molecule has 0 aliphatic carbocycles. The van der Waals surface area contributed by atoms with Gasteiger partial charge in [-0.3, -0.25) is 15.0 Å². The number of nitro groups is 1. The number of benzene rings is 1. The summed E-state index contributed by atoms with van der Waals surface area (Å²) in [5.41, 5.74) is 1.68. The van der Waals surface area contributed by atoms with Gasteiger partial charge in [0.2, 0.25) is 0 Å². The van der Waals surface area contributed by atoms with E-state index in [1.807, 2.05) is 12.1 Å². The van der Waals surface area contributed by atoms with Crippen molar-refractivity contribution in [2.45, 2.75) is 40.2 Å². The summed E-state index contributed by atoms with van der Waals surface area (Å²) in [7, 11) is 0. The van der Waals surface area contributed by atoms with Gasteiger partial charge in [-0.15, -0.1) is 0 Å². The number of hydrogen-bond acceptors (Lipinski definition) is 3. The van der Waals surface area contributed by atoms with Crippen LogP contribution in [0.5, 0.6) is 0 Å². The van der Waals surface area contributed by atoms with Gasteiger partial charge in [0.1, 0.15) is 0 Å². The summed E-state index contributed by atoms with van der Waals surface area (Å²) in [5, 5.41) is 10.7. The molecule has 20 heavy (non-hydrogen) atoms. The zero-order valence-electron chi connectivity index (χ0n) is 12.6. The molecule has 0 spiro atoms. The molecule has 0 unspecified atom stereocenters. The van der Waals surface area contributed by atoms with Crippen LogP contribution in [0.2, 0.25) is 0 Å². The molecule has 0 bridgehead atoms. The fourth-order valence-electron chi connectivity index (χ4n) is 2.89. The highest BCUT2D eigenvalue weighted by Gasteiger charge is 2.29. The molecule has 4 nitrogen and oxygen atoms in total. The van der Waals surface area contributed by atoms with Gasteiger partial charge in [-0.05, 0) is 36.3 Å². The molecule has 1 aromatic rings. The number of hydrogen-bond donors (Lipinski definition) is 0. The van der Waals surface area contributed by atoms with Crippen molar-refractivity contribution >= 4 is 5.69 Å². The number of non-ortho nitro benzene ring substituents is 1. The number of piperidine rings is 1. The predicted octanol–water partition coefficient (Wildman–Crippen LogP) is 3.85. The van der Waals surface area contributed by atoms with Crippen LogP contribution in [-0.4, -0.2) is 22.9 Å². The van der Waals surface area contributed by atoms with Crippen LogP contribution in [-0.2, 0) is 6.54 Å². The summed E-state index contributed by atoms with van der Waals surface area (Å²) in [6.07, 6.45) is 2.55. The Balaban J connectivity index is 1.97. The number of rotatable bonds is 3. The van der Waals surface area contributed by atoms with E-state index < -0.39 is 0 Å². The molecule has 2 rings (SSSR count). The largest absolute Gasteiger partial charge is 0.299 e. The van der Waals surface area contributed by atoms with E-state index in [-0.39, 0.29) is 10.6 Å². The molecule has 1 fully saturated rings. The molecule has 1 aliphatic rings. The summed E-state index contributed by atoms with van der Waals surface area (Å²) >= 11 is 0. The third-order valence-corrected chi connectivity index (χ3v) is 4.28. The van der Waals surface area contributed by atoms with E-state index in [1.165, 1.54) is 12.8 Å². The topological polar surface area (TPSA) is 46.4 Å². The van der Waals surface area contributed by atoms with Crippen molar-refractivity contribution in [2.24, 2.45) is 11.3 Å². The van der Waals surface area contributed by atoms with Gasteiger partial charge in [-0.25, -0.2) is 0 Å². The fraction of sp³-hybridized carbons (Fsp3) is 0.625. The Kier molecular flexibility index (Phi) is 4.43. The second kappa shape index (κ2) is 5.92. The first-order valence-electron chi connectivity index (χ1n) is 7.32. The molecule has 1 saturated heterocycles. The molecule has 1 aromatic carbocycles. The quantitative estimate of drug-likeness (QED) is 0.622. The lowest BCUT2D eigenvalue weighted by Crippen LogP contribution is -2.40. The van der Waals surface area contributed by atoms with Crippen molar-refractivity contribution in [3.8, 4) is 0 Å². The molecule has 110 valence electrons. The van der Waals surface area contributed by atoms with Gasteiger partial charge >= 0.3 is 0 Å². The summed E-state index contributed by atoms with van der Waals surface area (Å²) < 4.78 is 0. The Morgan fingerprint density at radius 1 is 1.30 bits per heavy atom. The Hall–Kier alpha value is -1.42. The second-order valence-corrected chi connectivity index (χ2v) is 6.86. The number of nitrogens with zero attached hydrogens (tertiary/aromatic N) is 2. The molecule has 4 heteroatoms.